The molecule has 0 atom stereocenters. The van der Waals surface area contributed by atoms with E-state index in [1.807, 2.05) is 0 Å². The summed E-state index contributed by atoms with van der Waals surface area (Å²) in [7, 11) is 2.24. The molecule has 1 rings (SSSR count). The minimum absolute atomic E-state index is 1.27. The molecule has 12 heavy (non-hydrogen) atoms. The van der Waals surface area contributed by atoms with E-state index in [2.05, 4.69) is 24.1 Å². The number of rotatable bonds is 0. The lowest BCUT2D eigenvalue weighted by molar-refractivity contribution is 0.322. The van der Waals surface area contributed by atoms with Crippen LogP contribution in [0.25, 0.3) is 0 Å². The fourth-order valence-corrected chi connectivity index (χ4v) is 1.65. The van der Waals surface area contributed by atoms with Crippen LogP contribution in [0.1, 0.15) is 38.5 Å². The van der Waals surface area contributed by atoms with E-state index in [0.717, 1.165) is 0 Å². The summed E-state index contributed by atoms with van der Waals surface area (Å²) in [6.07, 6.45) is 12.7. The normalized spacial score (nSPS) is 26.1. The largest absolute Gasteiger partial charge is 0.306 e. The van der Waals surface area contributed by atoms with Gasteiger partial charge in [0.05, 0.1) is 0 Å². The van der Waals surface area contributed by atoms with Crippen LogP contribution in [0.3, 0.4) is 0 Å². The van der Waals surface area contributed by atoms with Gasteiger partial charge in [-0.15, -0.1) is 0 Å². The van der Waals surface area contributed by atoms with Gasteiger partial charge in [0.25, 0.3) is 0 Å². The lowest BCUT2D eigenvalue weighted by Gasteiger charge is -2.14. The third-order valence-electron chi connectivity index (χ3n) is 2.49. The maximum atomic E-state index is 2.46. The molecule has 0 aliphatic carbocycles. The standard InChI is InChI=1S/C11H21N/c1-12-10-8-6-4-2-3-5-7-9-11-12/h2,4H,3,5-11H2,1H3/b4-2-. The molecule has 1 aliphatic heterocycles. The van der Waals surface area contributed by atoms with E-state index in [1.54, 1.807) is 0 Å². The van der Waals surface area contributed by atoms with Crippen molar-refractivity contribution < 1.29 is 0 Å². The minimum atomic E-state index is 1.27. The lowest BCUT2D eigenvalue weighted by atomic mass is 10.2. The number of allylic oxidation sites excluding steroid dienone is 2. The van der Waals surface area contributed by atoms with E-state index < -0.39 is 0 Å². The quantitative estimate of drug-likeness (QED) is 0.501. The first-order valence-corrected chi connectivity index (χ1v) is 5.23. The zero-order valence-corrected chi connectivity index (χ0v) is 8.26. The van der Waals surface area contributed by atoms with Crippen molar-refractivity contribution in [1.82, 2.24) is 4.90 Å². The van der Waals surface area contributed by atoms with Crippen LogP contribution in [0.15, 0.2) is 12.2 Å². The Hall–Kier alpha value is -0.300. The van der Waals surface area contributed by atoms with Crippen molar-refractivity contribution >= 4 is 0 Å². The first-order chi connectivity index (χ1) is 5.89. The van der Waals surface area contributed by atoms with Crippen LogP contribution < -0.4 is 0 Å². The Morgan fingerprint density at radius 1 is 0.833 bits per heavy atom. The Morgan fingerprint density at radius 3 is 2.33 bits per heavy atom. The molecule has 70 valence electrons. The molecular weight excluding hydrogens is 146 g/mol. The highest BCUT2D eigenvalue weighted by Gasteiger charge is 1.97. The molecule has 1 aliphatic rings. The van der Waals surface area contributed by atoms with Crippen LogP contribution in [0.2, 0.25) is 0 Å². The summed E-state index contributed by atoms with van der Waals surface area (Å²) in [5.74, 6) is 0. The summed E-state index contributed by atoms with van der Waals surface area (Å²) >= 11 is 0. The van der Waals surface area contributed by atoms with Crippen molar-refractivity contribution in [3.05, 3.63) is 12.2 Å². The molecule has 1 heterocycles. The van der Waals surface area contributed by atoms with E-state index >= 15 is 0 Å². The fourth-order valence-electron chi connectivity index (χ4n) is 1.65. The third-order valence-corrected chi connectivity index (χ3v) is 2.49. The van der Waals surface area contributed by atoms with Gasteiger partial charge >= 0.3 is 0 Å². The van der Waals surface area contributed by atoms with Crippen molar-refractivity contribution in [3.8, 4) is 0 Å². The van der Waals surface area contributed by atoms with Crippen molar-refractivity contribution in [1.29, 1.82) is 0 Å². The van der Waals surface area contributed by atoms with Gasteiger partial charge < -0.3 is 4.90 Å². The summed E-state index contributed by atoms with van der Waals surface area (Å²) in [5.41, 5.74) is 0. The van der Waals surface area contributed by atoms with Gasteiger partial charge in [-0.2, -0.15) is 0 Å². The zero-order valence-electron chi connectivity index (χ0n) is 8.26. The van der Waals surface area contributed by atoms with Gasteiger partial charge in [-0.05, 0) is 52.2 Å². The first kappa shape index (κ1) is 9.79. The second-order valence-electron chi connectivity index (χ2n) is 3.77. The Bertz CT molecular complexity index is 129. The summed E-state index contributed by atoms with van der Waals surface area (Å²) in [6.45, 7) is 2.56. The summed E-state index contributed by atoms with van der Waals surface area (Å²) < 4.78 is 0. The van der Waals surface area contributed by atoms with E-state index in [4.69, 9.17) is 0 Å². The number of hydrogen-bond acceptors (Lipinski definition) is 1. The van der Waals surface area contributed by atoms with Crippen molar-refractivity contribution in [2.75, 3.05) is 20.1 Å². The SMILES string of the molecule is CN1CCC/C=C\CCCCC1. The van der Waals surface area contributed by atoms with Crippen LogP contribution in [0, 0.1) is 0 Å². The molecular formula is C11H21N. The fraction of sp³-hybridized carbons (Fsp3) is 0.818. The van der Waals surface area contributed by atoms with Gasteiger partial charge in [0.15, 0.2) is 0 Å². The van der Waals surface area contributed by atoms with E-state index in [9.17, 15) is 0 Å². The molecule has 0 aromatic carbocycles. The highest BCUT2D eigenvalue weighted by Crippen LogP contribution is 2.05. The zero-order chi connectivity index (χ0) is 8.65. The Kier molecular flexibility index (Phi) is 5.09. The molecule has 0 saturated heterocycles. The number of nitrogens with zero attached hydrogens (tertiary/aromatic N) is 1. The molecule has 0 aromatic heterocycles. The lowest BCUT2D eigenvalue weighted by Crippen LogP contribution is -2.20. The Morgan fingerprint density at radius 2 is 1.50 bits per heavy atom. The van der Waals surface area contributed by atoms with E-state index in [0.29, 0.717) is 0 Å². The Balaban J connectivity index is 2.21. The summed E-state index contributed by atoms with van der Waals surface area (Å²) in [6, 6.07) is 0. The highest BCUT2D eigenvalue weighted by atomic mass is 15.1. The van der Waals surface area contributed by atoms with Crippen LogP contribution in [0.4, 0.5) is 0 Å². The van der Waals surface area contributed by atoms with Crippen molar-refractivity contribution in [2.24, 2.45) is 0 Å². The van der Waals surface area contributed by atoms with E-state index in [1.165, 1.54) is 51.6 Å². The average Bonchev–Trinajstić information content (AvgIpc) is 2.11. The monoisotopic (exact) mass is 167 g/mol. The molecule has 0 bridgehead atoms. The number of hydrogen-bond donors (Lipinski definition) is 0. The maximum Gasteiger partial charge on any atom is -0.00188 e. The van der Waals surface area contributed by atoms with Crippen molar-refractivity contribution in [2.45, 2.75) is 38.5 Å². The second kappa shape index (κ2) is 6.24. The molecule has 0 saturated carbocycles. The summed E-state index contributed by atoms with van der Waals surface area (Å²) in [4.78, 5) is 2.46. The molecule has 0 radical (unpaired) electrons. The van der Waals surface area contributed by atoms with Crippen LogP contribution in [-0.4, -0.2) is 25.0 Å². The molecule has 1 nitrogen and oxygen atoms in total. The van der Waals surface area contributed by atoms with Crippen LogP contribution >= 0.6 is 0 Å². The van der Waals surface area contributed by atoms with Gasteiger partial charge in [0, 0.05) is 0 Å². The molecule has 0 unspecified atom stereocenters. The molecule has 0 N–H and O–H groups in total. The molecule has 0 spiro atoms. The molecule has 0 fully saturated rings. The smallest absolute Gasteiger partial charge is 0.00188 e. The molecule has 0 amide bonds. The van der Waals surface area contributed by atoms with Gasteiger partial charge in [0.1, 0.15) is 0 Å². The van der Waals surface area contributed by atoms with E-state index in [-0.39, 0.29) is 0 Å². The van der Waals surface area contributed by atoms with Gasteiger partial charge in [-0.1, -0.05) is 18.6 Å². The predicted octanol–water partition coefficient (Wildman–Crippen LogP) is 2.83. The minimum Gasteiger partial charge on any atom is -0.306 e. The highest BCUT2D eigenvalue weighted by molar-refractivity contribution is 4.82. The van der Waals surface area contributed by atoms with Gasteiger partial charge in [0.2, 0.25) is 0 Å². The Labute approximate surface area is 76.5 Å². The third kappa shape index (κ3) is 4.55. The average molecular weight is 167 g/mol. The van der Waals surface area contributed by atoms with Crippen molar-refractivity contribution in [3.63, 3.8) is 0 Å². The summed E-state index contributed by atoms with van der Waals surface area (Å²) in [5, 5.41) is 0. The van der Waals surface area contributed by atoms with Crippen LogP contribution in [0.5, 0.6) is 0 Å². The predicted molar refractivity (Wildman–Crippen MR) is 54.3 cm³/mol. The first-order valence-electron chi connectivity index (χ1n) is 5.23. The van der Waals surface area contributed by atoms with Gasteiger partial charge in [-0.25, -0.2) is 0 Å². The maximum absolute atomic E-state index is 2.46. The molecule has 1 heteroatoms. The topological polar surface area (TPSA) is 3.24 Å². The molecule has 0 aromatic rings. The van der Waals surface area contributed by atoms with Crippen LogP contribution in [-0.2, 0) is 0 Å². The second-order valence-corrected chi connectivity index (χ2v) is 3.77. The van der Waals surface area contributed by atoms with Gasteiger partial charge in [-0.3, -0.25) is 0 Å².